The van der Waals surface area contributed by atoms with Crippen molar-refractivity contribution in [2.45, 2.75) is 0 Å². The Morgan fingerprint density at radius 1 is 0.722 bits per heavy atom. The molecule has 0 saturated heterocycles. The summed E-state index contributed by atoms with van der Waals surface area (Å²) in [7, 11) is 3.37. The molecule has 2 aromatic carbocycles. The molecule has 0 radical (unpaired) electrons. The van der Waals surface area contributed by atoms with E-state index in [4.69, 9.17) is 9.47 Å². The van der Waals surface area contributed by atoms with E-state index >= 15 is 0 Å². The van der Waals surface area contributed by atoms with Crippen LogP contribution in [-0.4, -0.2) is 14.2 Å². The van der Waals surface area contributed by atoms with E-state index in [1.807, 2.05) is 24.3 Å². The first-order chi connectivity index (χ1) is 8.74. The van der Waals surface area contributed by atoms with E-state index in [1.54, 1.807) is 14.2 Å². The molecule has 0 heterocycles. The van der Waals surface area contributed by atoms with E-state index < -0.39 is 17.6 Å². The first kappa shape index (κ1) is 13.7. The minimum atomic E-state index is -1.47. The summed E-state index contributed by atoms with van der Waals surface area (Å²) in [6.45, 7) is 0. The van der Waals surface area contributed by atoms with Crippen LogP contribution in [0.3, 0.4) is 0 Å². The summed E-state index contributed by atoms with van der Waals surface area (Å²) in [5.74, 6) is 1.79. The molecule has 2 aromatic rings. The van der Waals surface area contributed by atoms with Gasteiger partial charge in [-0.25, -0.2) is 0 Å². The summed E-state index contributed by atoms with van der Waals surface area (Å²) in [5, 5.41) is 0. The molecule has 0 amide bonds. The van der Waals surface area contributed by atoms with Gasteiger partial charge in [0, 0.05) is 0 Å². The van der Waals surface area contributed by atoms with Gasteiger partial charge >= 0.3 is 121 Å². The third kappa shape index (κ3) is 3.17. The summed E-state index contributed by atoms with van der Waals surface area (Å²) in [5.41, 5.74) is 0. The molecular weight excluding hydrogens is 407 g/mol. The van der Waals surface area contributed by atoms with Gasteiger partial charge in [-0.3, -0.25) is 0 Å². The molecule has 0 spiro atoms. The van der Waals surface area contributed by atoms with E-state index in [-0.39, 0.29) is 0 Å². The normalized spacial score (nSPS) is 10.9. The fourth-order valence-electron chi connectivity index (χ4n) is 1.49. The number of rotatable bonds is 4. The van der Waals surface area contributed by atoms with Crippen molar-refractivity contribution in [3.05, 3.63) is 55.7 Å². The van der Waals surface area contributed by atoms with Crippen LogP contribution in [0, 0.1) is 7.14 Å². The van der Waals surface area contributed by atoms with E-state index in [9.17, 15) is 0 Å². The zero-order valence-corrected chi connectivity index (χ0v) is 13.9. The van der Waals surface area contributed by atoms with Gasteiger partial charge in [0.05, 0.1) is 0 Å². The predicted molar refractivity (Wildman–Crippen MR) is 86.3 cm³/mol. The Morgan fingerprint density at radius 2 is 1.06 bits per heavy atom. The average Bonchev–Trinajstić information content (AvgIpc) is 2.47. The molecular formula is C14H14BrIO2. The molecule has 18 heavy (non-hydrogen) atoms. The first-order valence-electron chi connectivity index (χ1n) is 5.39. The Kier molecular flexibility index (Phi) is 4.88. The van der Waals surface area contributed by atoms with Crippen LogP contribution < -0.4 is 9.47 Å². The van der Waals surface area contributed by atoms with Gasteiger partial charge in [0.2, 0.25) is 0 Å². The molecule has 4 heteroatoms. The van der Waals surface area contributed by atoms with Gasteiger partial charge in [-0.05, 0) is 0 Å². The van der Waals surface area contributed by atoms with Crippen LogP contribution in [0.4, 0.5) is 0 Å². The quantitative estimate of drug-likeness (QED) is 0.675. The van der Waals surface area contributed by atoms with Gasteiger partial charge in [0.1, 0.15) is 0 Å². The molecule has 0 aliphatic carbocycles. The van der Waals surface area contributed by atoms with Crippen molar-refractivity contribution in [2.75, 3.05) is 14.2 Å². The minimum absolute atomic E-state index is 0.894. The third-order valence-electron chi connectivity index (χ3n) is 2.48. The van der Waals surface area contributed by atoms with Gasteiger partial charge in [0.25, 0.3) is 0 Å². The second-order valence-electron chi connectivity index (χ2n) is 3.55. The molecule has 0 aromatic heterocycles. The van der Waals surface area contributed by atoms with Crippen LogP contribution in [0.2, 0.25) is 0 Å². The maximum atomic E-state index is 5.17. The molecule has 0 unspecified atom stereocenters. The summed E-state index contributed by atoms with van der Waals surface area (Å²) in [6, 6.07) is 16.5. The molecule has 0 aliphatic heterocycles. The second-order valence-corrected chi connectivity index (χ2v) is 11.4. The number of hydrogen-bond acceptors (Lipinski definition) is 2. The monoisotopic (exact) mass is 420 g/mol. The number of benzene rings is 2. The molecule has 0 bridgehead atoms. The topological polar surface area (TPSA) is 18.5 Å². The van der Waals surface area contributed by atoms with E-state index in [1.165, 1.54) is 7.14 Å². The van der Waals surface area contributed by atoms with Crippen molar-refractivity contribution >= 4 is 30.3 Å². The molecule has 0 atom stereocenters. The summed E-state index contributed by atoms with van der Waals surface area (Å²) < 4.78 is 13.0. The van der Waals surface area contributed by atoms with Crippen molar-refractivity contribution in [3.63, 3.8) is 0 Å². The van der Waals surface area contributed by atoms with Crippen LogP contribution in [-0.2, 0) is 0 Å². The number of ether oxygens (including phenoxy) is 2. The van der Waals surface area contributed by atoms with Crippen LogP contribution in [0.15, 0.2) is 48.5 Å². The van der Waals surface area contributed by atoms with Crippen molar-refractivity contribution in [1.29, 1.82) is 0 Å². The standard InChI is InChI=1S/C14H14BrIO2/c1-17-13-7-3-11(4-8-13)16(15)12-5-9-14(18-2)10-6-12/h3-10H,1-2H3. The zero-order valence-electron chi connectivity index (χ0n) is 10.2. The summed E-state index contributed by atoms with van der Waals surface area (Å²) in [4.78, 5) is 0. The summed E-state index contributed by atoms with van der Waals surface area (Å²) >= 11 is 2.39. The van der Waals surface area contributed by atoms with Gasteiger partial charge < -0.3 is 0 Å². The van der Waals surface area contributed by atoms with Crippen LogP contribution >= 0.6 is 30.3 Å². The molecule has 2 nitrogen and oxygen atoms in total. The van der Waals surface area contributed by atoms with Crippen LogP contribution in [0.5, 0.6) is 11.5 Å². The molecule has 96 valence electrons. The van der Waals surface area contributed by atoms with Gasteiger partial charge in [0.15, 0.2) is 0 Å². The van der Waals surface area contributed by atoms with E-state index in [2.05, 4.69) is 37.0 Å². The Bertz CT molecular complexity index is 449. The fraction of sp³-hybridized carbons (Fsp3) is 0.143. The molecule has 0 fully saturated rings. The molecule has 0 aliphatic rings. The van der Waals surface area contributed by atoms with Crippen LogP contribution in [0.1, 0.15) is 0 Å². The molecule has 0 saturated carbocycles. The number of hydrogen-bond donors (Lipinski definition) is 0. The van der Waals surface area contributed by atoms with E-state index in [0.29, 0.717) is 0 Å². The number of halogens is 2. The third-order valence-corrected chi connectivity index (χ3v) is 10.8. The second kappa shape index (κ2) is 6.43. The van der Waals surface area contributed by atoms with Crippen LogP contribution in [0.25, 0.3) is 0 Å². The SMILES string of the molecule is COc1ccc(I(Br)c2ccc(OC)cc2)cc1. The predicted octanol–water partition coefficient (Wildman–Crippen LogP) is 4.56. The fourth-order valence-corrected chi connectivity index (χ4v) is 6.87. The summed E-state index contributed by atoms with van der Waals surface area (Å²) in [6.07, 6.45) is 0. The van der Waals surface area contributed by atoms with E-state index in [0.717, 1.165) is 11.5 Å². The molecule has 2 rings (SSSR count). The van der Waals surface area contributed by atoms with Gasteiger partial charge in [-0.2, -0.15) is 0 Å². The Morgan fingerprint density at radius 3 is 1.33 bits per heavy atom. The first-order valence-corrected chi connectivity index (χ1v) is 12.4. The molecule has 0 N–H and O–H groups in total. The maximum absolute atomic E-state index is 5.17. The van der Waals surface area contributed by atoms with Crippen molar-refractivity contribution < 1.29 is 9.47 Å². The Labute approximate surface area is 120 Å². The Balaban J connectivity index is 2.20. The van der Waals surface area contributed by atoms with Crippen molar-refractivity contribution in [3.8, 4) is 11.5 Å². The average molecular weight is 421 g/mol. The Hall–Kier alpha value is -0.750. The van der Waals surface area contributed by atoms with Crippen molar-refractivity contribution in [2.24, 2.45) is 0 Å². The van der Waals surface area contributed by atoms with Gasteiger partial charge in [-0.1, -0.05) is 0 Å². The van der Waals surface area contributed by atoms with Gasteiger partial charge in [-0.15, -0.1) is 0 Å². The van der Waals surface area contributed by atoms with Crippen molar-refractivity contribution in [1.82, 2.24) is 0 Å². The zero-order chi connectivity index (χ0) is 13.0. The number of methoxy groups -OCH3 is 2.